The molecule has 0 heterocycles. The molecule has 0 saturated heterocycles. The third-order valence-electron chi connectivity index (χ3n) is 4.53. The minimum Gasteiger partial charge on any atom is -0.387 e. The van der Waals surface area contributed by atoms with Crippen LogP contribution in [0.1, 0.15) is 22.8 Å². The van der Waals surface area contributed by atoms with Gasteiger partial charge in [0.25, 0.3) is 0 Å². The Morgan fingerprint density at radius 3 is 2.16 bits per heavy atom. The van der Waals surface area contributed by atoms with Gasteiger partial charge in [-0.15, -0.1) is 0 Å². The number of hydrogen-bond acceptors (Lipinski definition) is 2. The molecule has 25 heavy (non-hydrogen) atoms. The maximum Gasteiger partial charge on any atom is 0.0916 e. The highest BCUT2D eigenvalue weighted by Gasteiger charge is 2.11. The molecule has 0 aromatic heterocycles. The van der Waals surface area contributed by atoms with Crippen LogP contribution < -0.4 is 0 Å². The number of nitrogens with zero attached hydrogens (tertiary/aromatic N) is 1. The normalized spacial score (nSPS) is 12.3. The first-order valence-electron chi connectivity index (χ1n) is 8.70. The molecule has 0 aliphatic rings. The van der Waals surface area contributed by atoms with Crippen LogP contribution in [0.5, 0.6) is 0 Å². The Morgan fingerprint density at radius 1 is 0.840 bits per heavy atom. The zero-order valence-electron chi connectivity index (χ0n) is 14.9. The zero-order chi connectivity index (χ0) is 17.6. The monoisotopic (exact) mass is 331 g/mol. The van der Waals surface area contributed by atoms with E-state index in [1.807, 2.05) is 37.4 Å². The smallest absolute Gasteiger partial charge is 0.0916 e. The summed E-state index contributed by atoms with van der Waals surface area (Å²) in [6.07, 6.45) is -0.461. The van der Waals surface area contributed by atoms with Crippen LogP contribution in [-0.2, 0) is 6.54 Å². The van der Waals surface area contributed by atoms with Crippen LogP contribution in [0.2, 0.25) is 0 Å². The SMILES string of the molecule is Cc1ccccc1-c1ccc(CN(C)CC(O)c2ccccc2)cc1. The summed E-state index contributed by atoms with van der Waals surface area (Å²) >= 11 is 0. The highest BCUT2D eigenvalue weighted by Crippen LogP contribution is 2.23. The van der Waals surface area contributed by atoms with Gasteiger partial charge in [-0.05, 0) is 41.8 Å². The molecule has 0 spiro atoms. The Labute approximate surface area is 150 Å². The molecule has 0 aliphatic heterocycles. The first-order valence-corrected chi connectivity index (χ1v) is 8.70. The highest BCUT2D eigenvalue weighted by atomic mass is 16.3. The molecule has 1 atom stereocenters. The molecular weight excluding hydrogens is 306 g/mol. The Morgan fingerprint density at radius 2 is 1.48 bits per heavy atom. The van der Waals surface area contributed by atoms with Gasteiger partial charge in [0.2, 0.25) is 0 Å². The number of aliphatic hydroxyl groups is 1. The molecule has 1 N–H and O–H groups in total. The van der Waals surface area contributed by atoms with E-state index in [-0.39, 0.29) is 0 Å². The minimum atomic E-state index is -0.461. The Balaban J connectivity index is 1.62. The van der Waals surface area contributed by atoms with Gasteiger partial charge in [-0.2, -0.15) is 0 Å². The van der Waals surface area contributed by atoms with E-state index < -0.39 is 6.10 Å². The van der Waals surface area contributed by atoms with Crippen molar-refractivity contribution in [2.45, 2.75) is 19.6 Å². The lowest BCUT2D eigenvalue weighted by Gasteiger charge is -2.21. The lowest BCUT2D eigenvalue weighted by atomic mass is 9.99. The number of aryl methyl sites for hydroxylation is 1. The van der Waals surface area contributed by atoms with Gasteiger partial charge < -0.3 is 5.11 Å². The maximum absolute atomic E-state index is 10.4. The van der Waals surface area contributed by atoms with Crippen molar-refractivity contribution < 1.29 is 5.11 Å². The molecule has 3 aromatic rings. The molecule has 0 fully saturated rings. The Bertz CT molecular complexity index is 796. The lowest BCUT2D eigenvalue weighted by molar-refractivity contribution is 0.124. The van der Waals surface area contributed by atoms with Crippen LogP contribution in [0.4, 0.5) is 0 Å². The van der Waals surface area contributed by atoms with Gasteiger partial charge >= 0.3 is 0 Å². The second-order valence-corrected chi connectivity index (χ2v) is 6.64. The van der Waals surface area contributed by atoms with Crippen molar-refractivity contribution in [3.63, 3.8) is 0 Å². The molecule has 0 bridgehead atoms. The van der Waals surface area contributed by atoms with Crippen molar-refractivity contribution in [1.82, 2.24) is 4.90 Å². The van der Waals surface area contributed by atoms with Gasteiger partial charge in [-0.25, -0.2) is 0 Å². The lowest BCUT2D eigenvalue weighted by Crippen LogP contribution is -2.24. The molecule has 1 unspecified atom stereocenters. The van der Waals surface area contributed by atoms with E-state index in [9.17, 15) is 5.11 Å². The zero-order valence-corrected chi connectivity index (χ0v) is 14.9. The van der Waals surface area contributed by atoms with Crippen molar-refractivity contribution >= 4 is 0 Å². The quantitative estimate of drug-likeness (QED) is 0.699. The molecule has 3 aromatic carbocycles. The van der Waals surface area contributed by atoms with Crippen LogP contribution in [0.25, 0.3) is 11.1 Å². The van der Waals surface area contributed by atoms with E-state index in [4.69, 9.17) is 0 Å². The summed E-state index contributed by atoms with van der Waals surface area (Å²) in [6, 6.07) is 27.0. The van der Waals surface area contributed by atoms with E-state index in [2.05, 4.69) is 60.4 Å². The van der Waals surface area contributed by atoms with Crippen LogP contribution in [0, 0.1) is 6.92 Å². The van der Waals surface area contributed by atoms with Crippen molar-refractivity contribution in [3.05, 3.63) is 95.6 Å². The van der Waals surface area contributed by atoms with Crippen LogP contribution in [-0.4, -0.2) is 23.6 Å². The average Bonchev–Trinajstić information content (AvgIpc) is 2.63. The number of rotatable bonds is 6. The molecular formula is C23H25NO. The third kappa shape index (κ3) is 4.56. The molecule has 0 amide bonds. The molecule has 0 saturated carbocycles. The third-order valence-corrected chi connectivity index (χ3v) is 4.53. The van der Waals surface area contributed by atoms with Gasteiger partial charge in [0, 0.05) is 13.1 Å². The summed E-state index contributed by atoms with van der Waals surface area (Å²) in [6.45, 7) is 3.57. The van der Waals surface area contributed by atoms with Crippen molar-refractivity contribution in [2.75, 3.05) is 13.6 Å². The number of likely N-dealkylation sites (N-methyl/N-ethyl adjacent to an activating group) is 1. The molecule has 0 aliphatic carbocycles. The standard InChI is InChI=1S/C23H25NO/c1-18-8-6-7-11-22(18)20-14-12-19(13-15-20)16-24(2)17-23(25)21-9-4-3-5-10-21/h3-15,23,25H,16-17H2,1-2H3. The fourth-order valence-corrected chi connectivity index (χ4v) is 3.14. The van der Waals surface area contributed by atoms with Gasteiger partial charge in [-0.3, -0.25) is 4.90 Å². The first kappa shape index (κ1) is 17.4. The van der Waals surface area contributed by atoms with Gasteiger partial charge in [-0.1, -0.05) is 78.9 Å². The summed E-state index contributed by atoms with van der Waals surface area (Å²) in [4.78, 5) is 2.15. The van der Waals surface area contributed by atoms with E-state index in [0.717, 1.165) is 12.1 Å². The summed E-state index contributed by atoms with van der Waals surface area (Å²) in [5.74, 6) is 0. The van der Waals surface area contributed by atoms with Crippen molar-refractivity contribution in [3.8, 4) is 11.1 Å². The number of aliphatic hydroxyl groups excluding tert-OH is 1. The summed E-state index contributed by atoms with van der Waals surface area (Å²) in [5, 5.41) is 10.4. The number of benzene rings is 3. The summed E-state index contributed by atoms with van der Waals surface area (Å²) in [7, 11) is 2.04. The highest BCUT2D eigenvalue weighted by molar-refractivity contribution is 5.67. The van der Waals surface area contributed by atoms with E-state index in [1.165, 1.54) is 22.3 Å². The van der Waals surface area contributed by atoms with Crippen molar-refractivity contribution in [1.29, 1.82) is 0 Å². The van der Waals surface area contributed by atoms with E-state index >= 15 is 0 Å². The van der Waals surface area contributed by atoms with Crippen LogP contribution >= 0.6 is 0 Å². The Kier molecular flexibility index (Phi) is 5.64. The summed E-state index contributed by atoms with van der Waals surface area (Å²) in [5.41, 5.74) is 6.03. The van der Waals surface area contributed by atoms with Crippen molar-refractivity contribution in [2.24, 2.45) is 0 Å². The van der Waals surface area contributed by atoms with Gasteiger partial charge in [0.05, 0.1) is 6.10 Å². The molecule has 2 heteroatoms. The largest absolute Gasteiger partial charge is 0.387 e. The van der Waals surface area contributed by atoms with E-state index in [0.29, 0.717) is 6.54 Å². The molecule has 3 rings (SSSR count). The number of hydrogen-bond donors (Lipinski definition) is 1. The van der Waals surface area contributed by atoms with E-state index in [1.54, 1.807) is 0 Å². The topological polar surface area (TPSA) is 23.5 Å². The predicted octanol–water partition coefficient (Wildman–Crippen LogP) is 4.83. The second-order valence-electron chi connectivity index (χ2n) is 6.64. The molecule has 128 valence electrons. The fourth-order valence-electron chi connectivity index (χ4n) is 3.14. The second kappa shape index (κ2) is 8.11. The van der Waals surface area contributed by atoms with Gasteiger partial charge in [0.1, 0.15) is 0 Å². The maximum atomic E-state index is 10.4. The minimum absolute atomic E-state index is 0.461. The molecule has 2 nitrogen and oxygen atoms in total. The summed E-state index contributed by atoms with van der Waals surface area (Å²) < 4.78 is 0. The average molecular weight is 331 g/mol. The first-order chi connectivity index (χ1) is 12.1. The van der Waals surface area contributed by atoms with Crippen LogP contribution in [0.15, 0.2) is 78.9 Å². The Hall–Kier alpha value is -2.42. The fraction of sp³-hybridized carbons (Fsp3) is 0.217. The molecule has 0 radical (unpaired) electrons. The van der Waals surface area contributed by atoms with Crippen LogP contribution in [0.3, 0.4) is 0 Å². The predicted molar refractivity (Wildman–Crippen MR) is 104 cm³/mol. The van der Waals surface area contributed by atoms with Gasteiger partial charge in [0.15, 0.2) is 0 Å².